The number of benzene rings is 2. The number of β-lactam (4-membered cyclic amide) rings is 1. The Morgan fingerprint density at radius 1 is 1.11 bits per heavy atom. The van der Waals surface area contributed by atoms with Gasteiger partial charge in [0.2, 0.25) is 5.91 Å². The molecule has 6 nitrogen and oxygen atoms in total. The van der Waals surface area contributed by atoms with Crippen molar-refractivity contribution in [1.82, 2.24) is 10.2 Å². The van der Waals surface area contributed by atoms with Crippen LogP contribution < -0.4 is 5.32 Å². The zero-order valence-electron chi connectivity index (χ0n) is 15.6. The van der Waals surface area contributed by atoms with Gasteiger partial charge in [-0.2, -0.15) is 0 Å². The molecule has 0 radical (unpaired) electrons. The summed E-state index contributed by atoms with van der Waals surface area (Å²) in [5.74, 6) is -1.11. The van der Waals surface area contributed by atoms with E-state index in [0.29, 0.717) is 0 Å². The number of rotatable bonds is 7. The molecular weight excluding hydrogens is 356 g/mol. The molecule has 1 heterocycles. The van der Waals surface area contributed by atoms with Gasteiger partial charge in [0.15, 0.2) is 0 Å². The molecule has 2 amide bonds. The minimum absolute atomic E-state index is 0.173. The maximum Gasteiger partial charge on any atom is 0.355 e. The van der Waals surface area contributed by atoms with Crippen molar-refractivity contribution in [3.05, 3.63) is 77.5 Å². The first kappa shape index (κ1) is 19.4. The van der Waals surface area contributed by atoms with Crippen molar-refractivity contribution in [3.63, 3.8) is 0 Å². The van der Waals surface area contributed by atoms with E-state index in [2.05, 4.69) is 5.32 Å². The van der Waals surface area contributed by atoms with Gasteiger partial charge in [0.05, 0.1) is 19.6 Å². The summed E-state index contributed by atoms with van der Waals surface area (Å²) in [6.07, 6.45) is 1.83. The fourth-order valence-electron chi connectivity index (χ4n) is 2.94. The first-order valence-electron chi connectivity index (χ1n) is 9.17. The highest BCUT2D eigenvalue weighted by Crippen LogP contribution is 2.21. The molecule has 1 unspecified atom stereocenters. The maximum absolute atomic E-state index is 12.6. The van der Waals surface area contributed by atoms with Crippen LogP contribution in [0.5, 0.6) is 0 Å². The van der Waals surface area contributed by atoms with Gasteiger partial charge in [-0.05, 0) is 24.1 Å². The lowest BCUT2D eigenvalue weighted by Gasteiger charge is -2.39. The van der Waals surface area contributed by atoms with E-state index in [9.17, 15) is 14.4 Å². The topological polar surface area (TPSA) is 75.7 Å². The van der Waals surface area contributed by atoms with Crippen LogP contribution in [-0.2, 0) is 25.5 Å². The number of hydrogen-bond donors (Lipinski definition) is 1. The van der Waals surface area contributed by atoms with Crippen LogP contribution in [0, 0.1) is 0 Å². The molecule has 1 aliphatic heterocycles. The number of nitrogens with one attached hydrogen (secondary N) is 1. The monoisotopic (exact) mass is 378 g/mol. The van der Waals surface area contributed by atoms with Crippen molar-refractivity contribution in [2.45, 2.75) is 19.4 Å². The predicted molar refractivity (Wildman–Crippen MR) is 105 cm³/mol. The normalized spacial score (nSPS) is 16.3. The van der Waals surface area contributed by atoms with Crippen molar-refractivity contribution in [2.24, 2.45) is 0 Å². The molecule has 1 aliphatic rings. The van der Waals surface area contributed by atoms with Gasteiger partial charge in [-0.3, -0.25) is 9.59 Å². The molecule has 1 saturated heterocycles. The first-order valence-corrected chi connectivity index (χ1v) is 9.17. The van der Waals surface area contributed by atoms with Crippen LogP contribution >= 0.6 is 0 Å². The summed E-state index contributed by atoms with van der Waals surface area (Å²) in [6.45, 7) is 2.16. The zero-order chi connectivity index (χ0) is 19.9. The van der Waals surface area contributed by atoms with Crippen molar-refractivity contribution in [3.8, 4) is 0 Å². The van der Waals surface area contributed by atoms with Gasteiger partial charge in [-0.25, -0.2) is 4.79 Å². The van der Waals surface area contributed by atoms with Gasteiger partial charge < -0.3 is 15.0 Å². The van der Waals surface area contributed by atoms with Gasteiger partial charge >= 0.3 is 5.97 Å². The lowest BCUT2D eigenvalue weighted by molar-refractivity contribution is -0.150. The largest absolute Gasteiger partial charge is 0.461 e. The molecule has 1 fully saturated rings. The minimum atomic E-state index is -0.634. The number of hydrogen-bond acceptors (Lipinski definition) is 4. The third kappa shape index (κ3) is 4.65. The Kier molecular flexibility index (Phi) is 6.22. The second-order valence-electron chi connectivity index (χ2n) is 6.39. The average Bonchev–Trinajstić information content (AvgIpc) is 2.71. The van der Waals surface area contributed by atoms with Crippen molar-refractivity contribution in [2.75, 3.05) is 13.2 Å². The quantitative estimate of drug-likeness (QED) is 0.455. The minimum Gasteiger partial charge on any atom is -0.461 e. The van der Waals surface area contributed by atoms with Crippen molar-refractivity contribution in [1.29, 1.82) is 0 Å². The predicted octanol–water partition coefficient (Wildman–Crippen LogP) is 2.16. The Hall–Kier alpha value is -3.41. The summed E-state index contributed by atoms with van der Waals surface area (Å²) in [5, 5.41) is 2.72. The molecule has 28 heavy (non-hydrogen) atoms. The Morgan fingerprint density at radius 3 is 2.36 bits per heavy atom. The van der Waals surface area contributed by atoms with E-state index in [1.54, 1.807) is 13.0 Å². The third-order valence-electron chi connectivity index (χ3n) is 4.35. The Balaban J connectivity index is 1.66. The molecule has 2 aromatic carbocycles. The maximum atomic E-state index is 12.6. The Morgan fingerprint density at radius 2 is 1.75 bits per heavy atom. The molecule has 0 bridgehead atoms. The standard InChI is InChI=1S/C22H22N2O4/c1-2-28-22(27)19(13-16-9-5-3-6-10-16)24-15-18(21(24)26)23-20(25)14-17-11-7-4-8-12-17/h3-13,18H,2,14-15H2,1H3,(H,23,25)/b19-13-. The lowest BCUT2D eigenvalue weighted by atomic mass is 10.0. The Bertz CT molecular complexity index is 878. The van der Waals surface area contributed by atoms with E-state index in [4.69, 9.17) is 4.74 Å². The van der Waals surface area contributed by atoms with Crippen LogP contribution in [0.15, 0.2) is 66.4 Å². The van der Waals surface area contributed by atoms with Gasteiger partial charge in [0.1, 0.15) is 11.7 Å². The molecule has 6 heteroatoms. The zero-order valence-corrected chi connectivity index (χ0v) is 15.6. The van der Waals surface area contributed by atoms with Crippen LogP contribution in [-0.4, -0.2) is 41.9 Å². The molecule has 144 valence electrons. The summed E-state index contributed by atoms with van der Waals surface area (Å²) in [4.78, 5) is 38.4. The molecular formula is C22H22N2O4. The average molecular weight is 378 g/mol. The van der Waals surface area contributed by atoms with E-state index in [1.165, 1.54) is 4.90 Å². The molecule has 1 atom stereocenters. The summed E-state index contributed by atoms with van der Waals surface area (Å²) in [5.41, 5.74) is 1.83. The fraction of sp³-hybridized carbons (Fsp3) is 0.227. The van der Waals surface area contributed by atoms with Crippen molar-refractivity contribution < 1.29 is 19.1 Å². The summed E-state index contributed by atoms with van der Waals surface area (Å²) < 4.78 is 5.09. The summed E-state index contributed by atoms with van der Waals surface area (Å²) in [7, 11) is 0. The molecule has 0 spiro atoms. The van der Waals surface area contributed by atoms with Gasteiger partial charge in [0, 0.05) is 0 Å². The molecule has 3 rings (SSSR count). The molecule has 0 saturated carbocycles. The number of likely N-dealkylation sites (tertiary alicyclic amines) is 1. The van der Waals surface area contributed by atoms with Crippen LogP contribution in [0.1, 0.15) is 18.1 Å². The number of carbonyl (C=O) groups excluding carboxylic acids is 3. The van der Waals surface area contributed by atoms with Crippen LogP contribution in [0.25, 0.3) is 6.08 Å². The highest BCUT2D eigenvalue weighted by atomic mass is 16.5. The van der Waals surface area contributed by atoms with E-state index in [1.807, 2.05) is 60.7 Å². The number of esters is 1. The SMILES string of the molecule is CCOC(=O)/C(=C/c1ccccc1)N1CC(NC(=O)Cc2ccccc2)C1=O. The molecule has 1 N–H and O–H groups in total. The number of amides is 2. The fourth-order valence-corrected chi connectivity index (χ4v) is 2.94. The first-order chi connectivity index (χ1) is 13.6. The third-order valence-corrected chi connectivity index (χ3v) is 4.35. The lowest BCUT2D eigenvalue weighted by Crippen LogP contribution is -2.64. The smallest absolute Gasteiger partial charge is 0.355 e. The van der Waals surface area contributed by atoms with Crippen LogP contribution in [0.4, 0.5) is 0 Å². The summed E-state index contributed by atoms with van der Waals surface area (Å²) in [6, 6.07) is 17.9. The van der Waals surface area contributed by atoms with Gasteiger partial charge in [-0.15, -0.1) is 0 Å². The number of carbonyl (C=O) groups is 3. The van der Waals surface area contributed by atoms with Crippen LogP contribution in [0.3, 0.4) is 0 Å². The number of nitrogens with zero attached hydrogens (tertiary/aromatic N) is 1. The highest BCUT2D eigenvalue weighted by molar-refractivity contribution is 6.03. The van der Waals surface area contributed by atoms with Gasteiger partial charge in [-0.1, -0.05) is 60.7 Å². The molecule has 2 aromatic rings. The van der Waals surface area contributed by atoms with E-state index in [-0.39, 0.29) is 37.1 Å². The van der Waals surface area contributed by atoms with Crippen molar-refractivity contribution >= 4 is 23.9 Å². The summed E-state index contributed by atoms with van der Waals surface area (Å²) >= 11 is 0. The molecule has 0 aromatic heterocycles. The molecule has 0 aliphatic carbocycles. The number of ether oxygens (including phenoxy) is 1. The second-order valence-corrected chi connectivity index (χ2v) is 6.39. The Labute approximate surface area is 163 Å². The van der Waals surface area contributed by atoms with E-state index >= 15 is 0 Å². The highest BCUT2D eigenvalue weighted by Gasteiger charge is 2.42. The van der Waals surface area contributed by atoms with E-state index in [0.717, 1.165) is 11.1 Å². The van der Waals surface area contributed by atoms with E-state index < -0.39 is 12.0 Å². The van der Waals surface area contributed by atoms with Gasteiger partial charge in [0.25, 0.3) is 5.91 Å². The second kappa shape index (κ2) is 8.99. The van der Waals surface area contributed by atoms with Crippen LogP contribution in [0.2, 0.25) is 0 Å².